The molecule has 1 aliphatic rings. The molecule has 3 N–H and O–H groups in total. The molecule has 138 valence electrons. The van der Waals surface area contributed by atoms with E-state index in [9.17, 15) is 23.9 Å². The van der Waals surface area contributed by atoms with Gasteiger partial charge in [-0.2, -0.15) is 0 Å². The van der Waals surface area contributed by atoms with Gasteiger partial charge in [-0.25, -0.2) is 14.1 Å². The molecule has 0 bridgehead atoms. The summed E-state index contributed by atoms with van der Waals surface area (Å²) in [6.45, 7) is -0.560. The fourth-order valence-electron chi connectivity index (χ4n) is 2.39. The lowest BCUT2D eigenvalue weighted by Crippen LogP contribution is -2.38. The molecule has 1 heterocycles. The number of benzene rings is 2. The normalized spacial score (nSPS) is 15.2. The number of urea groups is 1. The Kier molecular flexibility index (Phi) is 5.22. The standard InChI is InChI=1S/C18H13BrFN3O4/c19-11-7-10(5-6-15(11)24)8-14-17(26)23(18(27)22-14)9-16(25)21-13-4-2-1-3-12(13)20/h1-8,24H,9H2,(H,21,25)(H,22,27)/b14-8+. The van der Waals surface area contributed by atoms with Crippen LogP contribution in [0, 0.1) is 5.82 Å². The molecule has 1 aliphatic heterocycles. The molecule has 7 nitrogen and oxygen atoms in total. The maximum atomic E-state index is 13.6. The van der Waals surface area contributed by atoms with Crippen molar-refractivity contribution in [2.45, 2.75) is 0 Å². The molecule has 27 heavy (non-hydrogen) atoms. The van der Waals surface area contributed by atoms with E-state index >= 15 is 0 Å². The number of carbonyl (C=O) groups excluding carboxylic acids is 3. The van der Waals surface area contributed by atoms with Gasteiger partial charge in [-0.3, -0.25) is 9.59 Å². The number of aromatic hydroxyl groups is 1. The van der Waals surface area contributed by atoms with E-state index in [0.717, 1.165) is 4.90 Å². The maximum absolute atomic E-state index is 13.6. The van der Waals surface area contributed by atoms with Gasteiger partial charge in [0.15, 0.2) is 0 Å². The number of halogens is 2. The summed E-state index contributed by atoms with van der Waals surface area (Å²) < 4.78 is 14.0. The van der Waals surface area contributed by atoms with Crippen molar-refractivity contribution >= 4 is 45.5 Å². The highest BCUT2D eigenvalue weighted by Crippen LogP contribution is 2.25. The minimum absolute atomic E-state index is 0.0173. The first-order valence-corrected chi connectivity index (χ1v) is 8.52. The third kappa shape index (κ3) is 4.14. The third-order valence-electron chi connectivity index (χ3n) is 3.69. The Hall–Kier alpha value is -3.20. The molecule has 2 aromatic carbocycles. The quantitative estimate of drug-likeness (QED) is 0.509. The van der Waals surface area contributed by atoms with Gasteiger partial charge in [0, 0.05) is 0 Å². The summed E-state index contributed by atoms with van der Waals surface area (Å²) in [5.74, 6) is -1.99. The van der Waals surface area contributed by atoms with Gasteiger partial charge >= 0.3 is 6.03 Å². The second-order valence-electron chi connectivity index (χ2n) is 5.62. The fourth-order valence-corrected chi connectivity index (χ4v) is 2.79. The molecule has 0 saturated carbocycles. The van der Waals surface area contributed by atoms with E-state index in [4.69, 9.17) is 0 Å². The van der Waals surface area contributed by atoms with Crippen molar-refractivity contribution in [3.63, 3.8) is 0 Å². The number of phenols is 1. The van der Waals surface area contributed by atoms with Crippen LogP contribution in [0.5, 0.6) is 5.75 Å². The predicted molar refractivity (Wildman–Crippen MR) is 99.1 cm³/mol. The minimum Gasteiger partial charge on any atom is -0.507 e. The molecule has 0 aliphatic carbocycles. The molecule has 0 unspecified atom stereocenters. The number of imide groups is 1. The summed E-state index contributed by atoms with van der Waals surface area (Å²) in [6.07, 6.45) is 1.42. The Morgan fingerprint density at radius 1 is 1.26 bits per heavy atom. The van der Waals surface area contributed by atoms with E-state index in [1.54, 1.807) is 18.2 Å². The van der Waals surface area contributed by atoms with E-state index in [0.29, 0.717) is 10.0 Å². The summed E-state index contributed by atoms with van der Waals surface area (Å²) in [5, 5.41) is 14.2. The van der Waals surface area contributed by atoms with Gasteiger partial charge in [0.05, 0.1) is 10.2 Å². The number of phenolic OH excluding ortho intramolecular Hbond substituents is 1. The summed E-state index contributed by atoms with van der Waals surface area (Å²) in [6, 6.07) is 9.36. The zero-order valence-electron chi connectivity index (χ0n) is 13.7. The number of rotatable bonds is 4. The van der Waals surface area contributed by atoms with Crippen LogP contribution in [-0.4, -0.2) is 34.4 Å². The topological polar surface area (TPSA) is 98.7 Å². The zero-order valence-corrected chi connectivity index (χ0v) is 15.3. The lowest BCUT2D eigenvalue weighted by molar-refractivity contribution is -0.127. The van der Waals surface area contributed by atoms with E-state index in [1.165, 1.54) is 30.3 Å². The molecule has 0 aromatic heterocycles. The summed E-state index contributed by atoms with van der Waals surface area (Å²) in [4.78, 5) is 37.2. The van der Waals surface area contributed by atoms with Gasteiger partial charge in [-0.15, -0.1) is 0 Å². The second-order valence-corrected chi connectivity index (χ2v) is 6.47. The number of anilines is 1. The van der Waals surface area contributed by atoms with Crippen LogP contribution in [0.4, 0.5) is 14.9 Å². The van der Waals surface area contributed by atoms with Gasteiger partial charge in [0.2, 0.25) is 5.91 Å². The number of nitrogens with one attached hydrogen (secondary N) is 2. The van der Waals surface area contributed by atoms with Crippen LogP contribution in [0.2, 0.25) is 0 Å². The minimum atomic E-state index is -0.757. The van der Waals surface area contributed by atoms with Crippen LogP contribution in [0.1, 0.15) is 5.56 Å². The molecular formula is C18H13BrFN3O4. The van der Waals surface area contributed by atoms with Crippen molar-refractivity contribution < 1.29 is 23.9 Å². The maximum Gasteiger partial charge on any atom is 0.329 e. The SMILES string of the molecule is O=C(CN1C(=O)N/C(=C/c2ccc(O)c(Br)c2)C1=O)Nc1ccccc1F. The van der Waals surface area contributed by atoms with Crippen molar-refractivity contribution in [3.05, 3.63) is 64.0 Å². The molecule has 2 aromatic rings. The number of amides is 4. The van der Waals surface area contributed by atoms with Crippen molar-refractivity contribution in [3.8, 4) is 5.75 Å². The molecule has 3 rings (SSSR count). The highest BCUT2D eigenvalue weighted by atomic mass is 79.9. The number of hydrogen-bond donors (Lipinski definition) is 3. The summed E-state index contributed by atoms with van der Waals surface area (Å²) >= 11 is 3.16. The number of carbonyl (C=O) groups is 3. The Labute approximate surface area is 161 Å². The second kappa shape index (κ2) is 7.58. The average Bonchev–Trinajstić information content (AvgIpc) is 2.88. The number of nitrogens with zero attached hydrogens (tertiary/aromatic N) is 1. The van der Waals surface area contributed by atoms with E-state index in [2.05, 4.69) is 26.6 Å². The largest absolute Gasteiger partial charge is 0.507 e. The zero-order chi connectivity index (χ0) is 19.6. The van der Waals surface area contributed by atoms with Crippen LogP contribution in [-0.2, 0) is 9.59 Å². The molecule has 4 amide bonds. The van der Waals surface area contributed by atoms with E-state index in [1.807, 2.05) is 0 Å². The van der Waals surface area contributed by atoms with E-state index < -0.39 is 30.2 Å². The van der Waals surface area contributed by atoms with Gasteiger partial charge in [0.1, 0.15) is 23.8 Å². The molecule has 0 radical (unpaired) electrons. The fraction of sp³-hybridized carbons (Fsp3) is 0.0556. The molecule has 9 heteroatoms. The molecular weight excluding hydrogens is 421 g/mol. The number of hydrogen-bond acceptors (Lipinski definition) is 4. The summed E-state index contributed by atoms with van der Waals surface area (Å²) in [5.41, 5.74) is 0.497. The van der Waals surface area contributed by atoms with Crippen molar-refractivity contribution in [1.82, 2.24) is 10.2 Å². The van der Waals surface area contributed by atoms with Crippen molar-refractivity contribution in [1.29, 1.82) is 0 Å². The highest BCUT2D eigenvalue weighted by Gasteiger charge is 2.35. The van der Waals surface area contributed by atoms with Crippen molar-refractivity contribution in [2.75, 3.05) is 11.9 Å². The van der Waals surface area contributed by atoms with Crippen LogP contribution >= 0.6 is 15.9 Å². The lowest BCUT2D eigenvalue weighted by Gasteiger charge is -2.12. The first kappa shape index (κ1) is 18.6. The van der Waals surface area contributed by atoms with Crippen molar-refractivity contribution in [2.24, 2.45) is 0 Å². The van der Waals surface area contributed by atoms with Gasteiger partial charge in [0.25, 0.3) is 5.91 Å². The Morgan fingerprint density at radius 3 is 2.70 bits per heavy atom. The monoisotopic (exact) mass is 433 g/mol. The van der Waals surface area contributed by atoms with Crippen LogP contribution < -0.4 is 10.6 Å². The number of para-hydroxylation sites is 1. The Morgan fingerprint density at radius 2 is 2.00 bits per heavy atom. The summed E-state index contributed by atoms with van der Waals surface area (Å²) in [7, 11) is 0. The molecule has 0 atom stereocenters. The lowest BCUT2D eigenvalue weighted by atomic mass is 10.2. The van der Waals surface area contributed by atoms with Crippen LogP contribution in [0.25, 0.3) is 6.08 Å². The van der Waals surface area contributed by atoms with Crippen LogP contribution in [0.3, 0.4) is 0 Å². The Bertz CT molecular complexity index is 977. The highest BCUT2D eigenvalue weighted by molar-refractivity contribution is 9.10. The molecule has 1 fully saturated rings. The predicted octanol–water partition coefficient (Wildman–Crippen LogP) is 2.83. The smallest absolute Gasteiger partial charge is 0.329 e. The first-order chi connectivity index (χ1) is 12.8. The van der Waals surface area contributed by atoms with Gasteiger partial charge in [-0.05, 0) is 51.8 Å². The Balaban J connectivity index is 1.72. The first-order valence-electron chi connectivity index (χ1n) is 7.72. The van der Waals surface area contributed by atoms with E-state index in [-0.39, 0.29) is 17.1 Å². The van der Waals surface area contributed by atoms with Gasteiger partial charge in [-0.1, -0.05) is 18.2 Å². The third-order valence-corrected chi connectivity index (χ3v) is 4.33. The average molecular weight is 434 g/mol. The van der Waals surface area contributed by atoms with Gasteiger partial charge < -0.3 is 15.7 Å². The van der Waals surface area contributed by atoms with Crippen LogP contribution in [0.15, 0.2) is 52.6 Å². The molecule has 0 spiro atoms. The molecule has 1 saturated heterocycles.